The number of methoxy groups -OCH3 is 1. The minimum atomic E-state index is -4.77. The van der Waals surface area contributed by atoms with Gasteiger partial charge in [-0.15, -0.1) is 0 Å². The van der Waals surface area contributed by atoms with Crippen molar-refractivity contribution in [3.63, 3.8) is 0 Å². The number of nitrogens with zero attached hydrogens (tertiary/aromatic N) is 1. The Bertz CT molecular complexity index is 727. The first-order valence-electron chi connectivity index (χ1n) is 7.18. The van der Waals surface area contributed by atoms with Crippen molar-refractivity contribution in [3.8, 4) is 0 Å². The molecule has 0 bridgehead atoms. The summed E-state index contributed by atoms with van der Waals surface area (Å²) in [5.41, 5.74) is -1.40. The number of hydrogen-bond donors (Lipinski definition) is 4. The fourth-order valence-corrected chi connectivity index (χ4v) is 2.67. The van der Waals surface area contributed by atoms with Gasteiger partial charge >= 0.3 is 13.5 Å². The standard InChI is InChI=1S/C12H19N2O10P/c1-21-4-5-22-10-9(16)7(6-23-25(18,19)20)24-11(10)14-3-2-8(15)13-12(14)17/h2-3,7,9-11,16H,4-6H2,1H3,(H,13,15,17)(H2,18,19,20)/t7-,9-,10-,11-/m1/s1. The van der Waals surface area contributed by atoms with Crippen LogP contribution in [0.4, 0.5) is 0 Å². The average molecular weight is 382 g/mol. The number of ether oxygens (including phenoxy) is 3. The van der Waals surface area contributed by atoms with Crippen LogP contribution in [0.2, 0.25) is 0 Å². The molecule has 1 aromatic heterocycles. The molecule has 0 radical (unpaired) electrons. The van der Waals surface area contributed by atoms with E-state index in [1.165, 1.54) is 7.11 Å². The van der Waals surface area contributed by atoms with Crippen LogP contribution in [0, 0.1) is 0 Å². The van der Waals surface area contributed by atoms with E-state index in [1.807, 2.05) is 4.98 Å². The Morgan fingerprint density at radius 1 is 1.36 bits per heavy atom. The van der Waals surface area contributed by atoms with Crippen LogP contribution >= 0.6 is 7.82 Å². The number of aromatic amines is 1. The largest absolute Gasteiger partial charge is 0.469 e. The van der Waals surface area contributed by atoms with Crippen molar-refractivity contribution in [1.29, 1.82) is 0 Å². The Balaban J connectivity index is 2.22. The van der Waals surface area contributed by atoms with Crippen molar-refractivity contribution in [2.24, 2.45) is 0 Å². The van der Waals surface area contributed by atoms with Gasteiger partial charge in [0.05, 0.1) is 19.8 Å². The highest BCUT2D eigenvalue weighted by Gasteiger charge is 2.46. The number of phosphoric ester groups is 1. The monoisotopic (exact) mass is 382 g/mol. The third kappa shape index (κ3) is 5.30. The Morgan fingerprint density at radius 3 is 2.68 bits per heavy atom. The summed E-state index contributed by atoms with van der Waals surface area (Å²) in [5.74, 6) is 0. The fraction of sp³-hybridized carbons (Fsp3) is 0.667. The third-order valence-electron chi connectivity index (χ3n) is 3.44. The van der Waals surface area contributed by atoms with Gasteiger partial charge < -0.3 is 29.1 Å². The van der Waals surface area contributed by atoms with Crippen LogP contribution < -0.4 is 11.2 Å². The van der Waals surface area contributed by atoms with Gasteiger partial charge in [0.1, 0.15) is 18.3 Å². The highest BCUT2D eigenvalue weighted by Crippen LogP contribution is 2.38. The van der Waals surface area contributed by atoms with Gasteiger partial charge in [0.15, 0.2) is 6.23 Å². The van der Waals surface area contributed by atoms with Gasteiger partial charge in [0, 0.05) is 19.4 Å². The minimum absolute atomic E-state index is 0.0717. The van der Waals surface area contributed by atoms with E-state index in [0.29, 0.717) is 0 Å². The van der Waals surface area contributed by atoms with Gasteiger partial charge in [0.2, 0.25) is 0 Å². The zero-order valence-electron chi connectivity index (χ0n) is 13.2. The molecule has 1 fully saturated rings. The SMILES string of the molecule is COCCO[C@@H]1[C@H](O)[C@@H](COP(=O)(O)O)O[C@H]1n1ccc(=O)[nH]c1=O. The molecule has 1 aliphatic heterocycles. The van der Waals surface area contributed by atoms with Gasteiger partial charge in [-0.3, -0.25) is 18.9 Å². The molecule has 0 unspecified atom stereocenters. The number of aliphatic hydroxyl groups excluding tert-OH is 1. The summed E-state index contributed by atoms with van der Waals surface area (Å²) in [5, 5.41) is 10.3. The fourth-order valence-electron chi connectivity index (χ4n) is 2.33. The number of H-pyrrole nitrogens is 1. The number of hydrogen-bond acceptors (Lipinski definition) is 8. The van der Waals surface area contributed by atoms with Gasteiger partial charge in [-0.2, -0.15) is 0 Å². The van der Waals surface area contributed by atoms with Crippen LogP contribution in [0.1, 0.15) is 6.23 Å². The summed E-state index contributed by atoms with van der Waals surface area (Å²) in [4.78, 5) is 42.7. The van der Waals surface area contributed by atoms with Crippen LogP contribution in [0.15, 0.2) is 21.9 Å². The van der Waals surface area contributed by atoms with Gasteiger partial charge in [-0.05, 0) is 0 Å². The first-order chi connectivity index (χ1) is 11.7. The van der Waals surface area contributed by atoms with E-state index < -0.39 is 50.2 Å². The van der Waals surface area contributed by atoms with Crippen molar-refractivity contribution >= 4 is 7.82 Å². The topological polar surface area (TPSA) is 170 Å². The molecule has 12 nitrogen and oxygen atoms in total. The van der Waals surface area contributed by atoms with Crippen molar-refractivity contribution in [2.45, 2.75) is 24.5 Å². The molecule has 0 saturated carbocycles. The Labute approximate surface area is 141 Å². The smallest absolute Gasteiger partial charge is 0.387 e. The maximum Gasteiger partial charge on any atom is 0.469 e. The summed E-state index contributed by atoms with van der Waals surface area (Å²) in [6.45, 7) is -0.341. The lowest BCUT2D eigenvalue weighted by Gasteiger charge is -2.22. The molecule has 25 heavy (non-hydrogen) atoms. The molecular formula is C12H19N2O10P. The molecule has 1 aliphatic rings. The molecule has 0 spiro atoms. The van der Waals surface area contributed by atoms with E-state index >= 15 is 0 Å². The van der Waals surface area contributed by atoms with Crippen molar-refractivity contribution in [2.75, 3.05) is 26.9 Å². The molecule has 0 amide bonds. The minimum Gasteiger partial charge on any atom is -0.387 e. The second-order valence-corrected chi connectivity index (χ2v) is 6.43. The molecule has 0 aliphatic carbocycles. The zero-order chi connectivity index (χ0) is 18.6. The van der Waals surface area contributed by atoms with Crippen molar-refractivity contribution < 1.29 is 38.2 Å². The van der Waals surface area contributed by atoms with Gasteiger partial charge in [-0.25, -0.2) is 9.36 Å². The van der Waals surface area contributed by atoms with Crippen molar-refractivity contribution in [1.82, 2.24) is 9.55 Å². The van der Waals surface area contributed by atoms with Crippen LogP contribution in [0.3, 0.4) is 0 Å². The normalized spacial score (nSPS) is 26.9. The van der Waals surface area contributed by atoms with Crippen LogP contribution in [0.5, 0.6) is 0 Å². The number of aliphatic hydroxyl groups is 1. The van der Waals surface area contributed by atoms with E-state index in [0.717, 1.165) is 16.8 Å². The van der Waals surface area contributed by atoms with Crippen LogP contribution in [-0.4, -0.2) is 69.7 Å². The molecule has 1 aromatic rings. The Kier molecular flexibility index (Phi) is 6.65. The lowest BCUT2D eigenvalue weighted by atomic mass is 10.1. The Morgan fingerprint density at radius 2 is 2.08 bits per heavy atom. The number of rotatable bonds is 8. The maximum atomic E-state index is 11.9. The lowest BCUT2D eigenvalue weighted by molar-refractivity contribution is -0.0817. The van der Waals surface area contributed by atoms with E-state index in [4.69, 9.17) is 24.0 Å². The summed E-state index contributed by atoms with van der Waals surface area (Å²) >= 11 is 0. The lowest BCUT2D eigenvalue weighted by Crippen LogP contribution is -2.39. The molecule has 4 atom stereocenters. The van der Waals surface area contributed by atoms with Gasteiger partial charge in [-0.1, -0.05) is 0 Å². The zero-order valence-corrected chi connectivity index (χ0v) is 14.1. The molecule has 142 valence electrons. The second kappa shape index (κ2) is 8.34. The van der Waals surface area contributed by atoms with E-state index in [9.17, 15) is 19.3 Å². The number of aromatic nitrogens is 2. The van der Waals surface area contributed by atoms with E-state index in [2.05, 4.69) is 4.52 Å². The molecule has 2 heterocycles. The molecule has 4 N–H and O–H groups in total. The average Bonchev–Trinajstić information content (AvgIpc) is 2.82. The maximum absolute atomic E-state index is 11.9. The van der Waals surface area contributed by atoms with E-state index in [1.54, 1.807) is 0 Å². The summed E-state index contributed by atoms with van der Waals surface area (Å²) < 4.78 is 32.0. The first-order valence-corrected chi connectivity index (χ1v) is 8.71. The summed E-state index contributed by atoms with van der Waals surface area (Å²) in [6.07, 6.45) is -3.53. The van der Waals surface area contributed by atoms with E-state index in [-0.39, 0.29) is 13.2 Å². The Hall–Kier alpha value is -1.37. The summed E-state index contributed by atoms with van der Waals surface area (Å²) in [7, 11) is -3.32. The van der Waals surface area contributed by atoms with Crippen LogP contribution in [0.25, 0.3) is 0 Å². The molecule has 13 heteroatoms. The highest BCUT2D eigenvalue weighted by atomic mass is 31.2. The third-order valence-corrected chi connectivity index (χ3v) is 3.93. The quantitative estimate of drug-likeness (QED) is 0.289. The predicted molar refractivity (Wildman–Crippen MR) is 80.9 cm³/mol. The van der Waals surface area contributed by atoms with Crippen molar-refractivity contribution in [3.05, 3.63) is 33.1 Å². The predicted octanol–water partition coefficient (Wildman–Crippen LogP) is -2.06. The van der Waals surface area contributed by atoms with Crippen LogP contribution in [-0.2, 0) is 23.3 Å². The molecule has 1 saturated heterocycles. The number of nitrogens with one attached hydrogen (secondary N) is 1. The highest BCUT2D eigenvalue weighted by molar-refractivity contribution is 7.46. The summed E-state index contributed by atoms with van der Waals surface area (Å²) in [6, 6.07) is 1.09. The van der Waals surface area contributed by atoms with Gasteiger partial charge in [0.25, 0.3) is 5.56 Å². The second-order valence-electron chi connectivity index (χ2n) is 5.19. The molecule has 2 rings (SSSR count). The first kappa shape index (κ1) is 19.9. The molecular weight excluding hydrogens is 363 g/mol. The molecule has 0 aromatic carbocycles. The number of phosphoric acid groups is 1.